The molecule has 12 atom stereocenters. The normalized spacial score (nSPS) is 43.8. The Balaban J connectivity index is 1.45. The molecule has 276 valence electrons. The van der Waals surface area contributed by atoms with E-state index in [2.05, 4.69) is 109 Å². The molecule has 1 aromatic heterocycles. The lowest BCUT2D eigenvalue weighted by atomic mass is 9.34. The summed E-state index contributed by atoms with van der Waals surface area (Å²) in [6, 6.07) is -0.0553. The number of halogens is 1. The Hall–Kier alpha value is -1.48. The fourth-order valence-electron chi connectivity index (χ4n) is 12.7. The largest absolute Gasteiger partial charge is 0.481 e. The van der Waals surface area contributed by atoms with E-state index in [-0.39, 0.29) is 44.8 Å². The lowest BCUT2D eigenvalue weighted by Gasteiger charge is -2.71. The van der Waals surface area contributed by atoms with Crippen LogP contribution in [0.25, 0.3) is 0 Å². The highest BCUT2D eigenvalue weighted by atomic mass is 35.5. The minimum Gasteiger partial charge on any atom is -0.481 e. The molecule has 49 heavy (non-hydrogen) atoms. The number of rotatable bonds is 9. The molecule has 3 saturated carbocycles. The second-order valence-electron chi connectivity index (χ2n) is 19.3. The van der Waals surface area contributed by atoms with E-state index in [0.29, 0.717) is 54.7 Å². The average Bonchev–Trinajstić information content (AvgIpc) is 3.45. The Bertz CT molecular complexity index is 1450. The number of ether oxygens (including phenoxy) is 2. The number of nitrogens with zero attached hydrogens (tertiary/aromatic N) is 4. The molecule has 2 heterocycles. The van der Waals surface area contributed by atoms with Gasteiger partial charge in [0.2, 0.25) is 5.28 Å². The number of allylic oxidation sites excluding steroid dienone is 1. The van der Waals surface area contributed by atoms with Gasteiger partial charge in [-0.3, -0.25) is 9.36 Å². The van der Waals surface area contributed by atoms with Crippen molar-refractivity contribution in [1.29, 1.82) is 0 Å². The van der Waals surface area contributed by atoms with Crippen molar-refractivity contribution in [3.05, 3.63) is 23.3 Å². The number of aromatic nitrogens is 3. The monoisotopic (exact) mass is 700 g/mol. The molecule has 1 saturated heterocycles. The lowest BCUT2D eigenvalue weighted by Crippen LogP contribution is -2.69. The van der Waals surface area contributed by atoms with Crippen molar-refractivity contribution in [2.45, 2.75) is 125 Å². The van der Waals surface area contributed by atoms with E-state index >= 15 is 0 Å². The minimum atomic E-state index is -0.619. The van der Waals surface area contributed by atoms with E-state index in [1.54, 1.807) is 6.33 Å². The number of carbonyl (C=O) groups is 1. The van der Waals surface area contributed by atoms with Crippen LogP contribution in [0.15, 0.2) is 18.0 Å². The highest BCUT2D eigenvalue weighted by molar-refractivity contribution is 6.28. The van der Waals surface area contributed by atoms with Crippen molar-refractivity contribution in [3.63, 3.8) is 0 Å². The Morgan fingerprint density at radius 2 is 1.82 bits per heavy atom. The summed E-state index contributed by atoms with van der Waals surface area (Å²) >= 11 is 6.82. The fourth-order valence-corrected chi connectivity index (χ4v) is 12.9. The molecule has 1 aromatic rings. The van der Waals surface area contributed by atoms with Crippen LogP contribution in [-0.4, -0.2) is 76.3 Å². The molecule has 9 heteroatoms. The smallest absolute Gasteiger partial charge is 0.307 e. The van der Waals surface area contributed by atoms with Gasteiger partial charge in [0.05, 0.1) is 37.9 Å². The quantitative estimate of drug-likeness (QED) is 0.259. The number of likely N-dealkylation sites (N-methyl/N-ethyl adjacent to an activating group) is 1. The van der Waals surface area contributed by atoms with E-state index in [0.717, 1.165) is 38.5 Å². The molecule has 0 spiro atoms. The van der Waals surface area contributed by atoms with Crippen LogP contribution in [0.3, 0.4) is 0 Å². The molecule has 0 amide bonds. The first kappa shape index (κ1) is 37.3. The average molecular weight is 701 g/mol. The number of hydrogen-bond acceptors (Lipinski definition) is 6. The van der Waals surface area contributed by atoms with Crippen molar-refractivity contribution < 1.29 is 19.4 Å². The summed E-state index contributed by atoms with van der Waals surface area (Å²) in [5.74, 6) is 0.805. The molecule has 1 N–H and O–H groups in total. The summed E-state index contributed by atoms with van der Waals surface area (Å²) in [7, 11) is 4.29. The summed E-state index contributed by atoms with van der Waals surface area (Å²) < 4.78 is 16.0. The maximum absolute atomic E-state index is 13.5. The predicted octanol–water partition coefficient (Wildman–Crippen LogP) is 8.42. The van der Waals surface area contributed by atoms with Gasteiger partial charge in [-0.05, 0) is 117 Å². The first-order valence-electron chi connectivity index (χ1n) is 19.1. The predicted molar refractivity (Wildman–Crippen MR) is 194 cm³/mol. The van der Waals surface area contributed by atoms with Crippen LogP contribution >= 0.6 is 11.6 Å². The Morgan fingerprint density at radius 3 is 2.39 bits per heavy atom. The fraction of sp³-hybridized carbons (Fsp3) is 0.875. The van der Waals surface area contributed by atoms with Crippen LogP contribution in [0.2, 0.25) is 5.28 Å². The standard InChI is InChI=1S/C40H65ClN4O4/c1-24(2)26(5)35(6)17-18-37(8)27-13-14-30-36(7)20-48-22-40(30,28(27)15-16-38(37,9)31(35)33(46)47)19-29(45-23-42-43-34(45)41)32(36)49-21-39(10,25(3)4)44(11)12/h15,23-27,29-32H,13-14,16-22H2,1-12H3,(H,46,47)/t26-,27+,29-,30+,31-,32+,35-,36?,37-,38+,39?,40+/m1/s1. The maximum Gasteiger partial charge on any atom is 0.307 e. The van der Waals surface area contributed by atoms with Gasteiger partial charge in [-0.2, -0.15) is 0 Å². The molecule has 6 rings (SSSR count). The van der Waals surface area contributed by atoms with Crippen molar-refractivity contribution in [3.8, 4) is 0 Å². The lowest BCUT2D eigenvalue weighted by molar-refractivity contribution is -0.254. The summed E-state index contributed by atoms with van der Waals surface area (Å²) in [5, 5.41) is 20.0. The number of carboxylic acids is 1. The number of carboxylic acid groups (broad SMARTS) is 1. The first-order chi connectivity index (χ1) is 22.7. The SMILES string of the molecule is CC(C)[C@@H](C)[C@@]1(C)CC[C@]2(C)[C@H]3CC[C@H]4C5(C)COC[C@@]4(C[C@@H](n4cnnc4Cl)[C@@H]5OCC(C)(C(C)C)N(C)C)C3=CC[C@@]2(C)[C@@H]1C(=O)O. The molecule has 8 nitrogen and oxygen atoms in total. The number of hydrogen-bond donors (Lipinski definition) is 1. The second-order valence-corrected chi connectivity index (χ2v) is 19.6. The zero-order valence-electron chi connectivity index (χ0n) is 32.5. The Morgan fingerprint density at radius 1 is 1.12 bits per heavy atom. The molecule has 4 fully saturated rings. The van der Waals surface area contributed by atoms with E-state index in [1.807, 2.05) is 0 Å². The Kier molecular flexibility index (Phi) is 9.36. The molecular formula is C40H65ClN4O4. The van der Waals surface area contributed by atoms with Crippen molar-refractivity contribution in [2.24, 2.45) is 62.6 Å². The van der Waals surface area contributed by atoms with Crippen LogP contribution in [0.5, 0.6) is 0 Å². The van der Waals surface area contributed by atoms with Gasteiger partial charge >= 0.3 is 5.97 Å². The van der Waals surface area contributed by atoms with Gasteiger partial charge in [0.15, 0.2) is 0 Å². The van der Waals surface area contributed by atoms with Crippen molar-refractivity contribution in [1.82, 2.24) is 19.7 Å². The van der Waals surface area contributed by atoms with Gasteiger partial charge < -0.3 is 19.5 Å². The summed E-state index contributed by atoms with van der Waals surface area (Å²) in [4.78, 5) is 15.8. The molecule has 0 aromatic carbocycles. The van der Waals surface area contributed by atoms with Gasteiger partial charge in [0.1, 0.15) is 6.33 Å². The van der Waals surface area contributed by atoms with Crippen LogP contribution in [0, 0.1) is 62.6 Å². The van der Waals surface area contributed by atoms with Gasteiger partial charge in [-0.1, -0.05) is 74.0 Å². The van der Waals surface area contributed by atoms with Crippen LogP contribution in [0.1, 0.15) is 114 Å². The van der Waals surface area contributed by atoms with Crippen molar-refractivity contribution >= 4 is 17.6 Å². The summed E-state index contributed by atoms with van der Waals surface area (Å²) in [5.41, 5.74) is 0.187. The number of fused-ring (bicyclic) bond motifs is 3. The van der Waals surface area contributed by atoms with Crippen molar-refractivity contribution in [2.75, 3.05) is 33.9 Å². The highest BCUT2D eigenvalue weighted by Crippen LogP contribution is 2.75. The molecule has 2 bridgehead atoms. The van der Waals surface area contributed by atoms with Gasteiger partial charge in [0.25, 0.3) is 0 Å². The third-order valence-corrected chi connectivity index (χ3v) is 17.1. The molecule has 1 aliphatic heterocycles. The number of aliphatic carboxylic acids is 1. The second kappa shape index (κ2) is 12.3. The first-order valence-corrected chi connectivity index (χ1v) is 19.5. The van der Waals surface area contributed by atoms with E-state index in [4.69, 9.17) is 21.1 Å². The topological polar surface area (TPSA) is 89.7 Å². The molecule has 4 aliphatic carbocycles. The van der Waals surface area contributed by atoms with Gasteiger partial charge in [0, 0.05) is 16.4 Å². The maximum atomic E-state index is 13.5. The summed E-state index contributed by atoms with van der Waals surface area (Å²) in [6.07, 6.45) is 9.95. The van der Waals surface area contributed by atoms with E-state index < -0.39 is 11.9 Å². The highest BCUT2D eigenvalue weighted by Gasteiger charge is 2.72. The van der Waals surface area contributed by atoms with Crippen LogP contribution in [-0.2, 0) is 14.3 Å². The van der Waals surface area contributed by atoms with Crippen LogP contribution < -0.4 is 0 Å². The molecular weight excluding hydrogens is 636 g/mol. The minimum absolute atomic E-state index is 0.0553. The zero-order valence-corrected chi connectivity index (χ0v) is 33.2. The molecule has 0 radical (unpaired) electrons. The molecule has 5 aliphatic rings. The Labute approximate surface area is 301 Å². The van der Waals surface area contributed by atoms with E-state index in [1.165, 1.54) is 5.57 Å². The summed E-state index contributed by atoms with van der Waals surface area (Å²) in [6.45, 7) is 25.0. The third kappa shape index (κ3) is 5.10. The van der Waals surface area contributed by atoms with Gasteiger partial charge in [-0.25, -0.2) is 0 Å². The zero-order chi connectivity index (χ0) is 36.1. The molecule has 2 unspecified atom stereocenters. The van der Waals surface area contributed by atoms with Crippen LogP contribution in [0.4, 0.5) is 0 Å². The third-order valence-electron chi connectivity index (χ3n) is 16.8. The van der Waals surface area contributed by atoms with E-state index in [9.17, 15) is 9.90 Å². The van der Waals surface area contributed by atoms with Gasteiger partial charge in [-0.15, -0.1) is 10.2 Å².